The van der Waals surface area contributed by atoms with Crippen LogP contribution in [0.2, 0.25) is 5.02 Å². The summed E-state index contributed by atoms with van der Waals surface area (Å²) in [6.07, 6.45) is 7.19. The Morgan fingerprint density at radius 1 is 1.16 bits per heavy atom. The van der Waals surface area contributed by atoms with Crippen LogP contribution in [0.3, 0.4) is 0 Å². The first-order chi connectivity index (χ1) is 17.7. The SMILES string of the molecule is C/C=C\C1=C(C)C(CC(=O)NC(Cc2ccc(Cl)cc2)C(=O)N2CCN(C(CC)CC(C)C)CC2)NC1. The Morgan fingerprint density at radius 2 is 1.84 bits per heavy atom. The lowest BCUT2D eigenvalue weighted by atomic mass is 9.99. The molecule has 0 saturated carbocycles. The Hall–Kier alpha value is -2.15. The second-order valence-electron chi connectivity index (χ2n) is 10.8. The van der Waals surface area contributed by atoms with Gasteiger partial charge in [0.1, 0.15) is 6.04 Å². The molecule has 2 aliphatic heterocycles. The van der Waals surface area contributed by atoms with E-state index in [2.05, 4.69) is 49.3 Å². The van der Waals surface area contributed by atoms with Gasteiger partial charge in [-0.1, -0.05) is 62.2 Å². The molecule has 1 fully saturated rings. The van der Waals surface area contributed by atoms with Crippen LogP contribution in [0.4, 0.5) is 0 Å². The van der Waals surface area contributed by atoms with Crippen molar-refractivity contribution in [3.8, 4) is 0 Å². The van der Waals surface area contributed by atoms with Crippen LogP contribution < -0.4 is 10.6 Å². The largest absolute Gasteiger partial charge is 0.344 e. The van der Waals surface area contributed by atoms with Crippen molar-refractivity contribution < 1.29 is 9.59 Å². The van der Waals surface area contributed by atoms with E-state index in [-0.39, 0.29) is 17.9 Å². The average Bonchev–Trinajstić information content (AvgIpc) is 3.21. The van der Waals surface area contributed by atoms with E-state index in [9.17, 15) is 9.59 Å². The number of benzene rings is 1. The van der Waals surface area contributed by atoms with Crippen molar-refractivity contribution in [3.05, 3.63) is 58.1 Å². The third kappa shape index (κ3) is 8.42. The van der Waals surface area contributed by atoms with Crippen molar-refractivity contribution >= 4 is 23.4 Å². The highest BCUT2D eigenvalue weighted by atomic mass is 35.5. The van der Waals surface area contributed by atoms with Gasteiger partial charge in [0.15, 0.2) is 0 Å². The van der Waals surface area contributed by atoms with Gasteiger partial charge < -0.3 is 15.5 Å². The molecule has 0 aromatic heterocycles. The Balaban J connectivity index is 1.67. The molecule has 2 aliphatic rings. The van der Waals surface area contributed by atoms with Crippen LogP contribution in [0.5, 0.6) is 0 Å². The van der Waals surface area contributed by atoms with Crippen LogP contribution in [0.15, 0.2) is 47.6 Å². The molecule has 0 bridgehead atoms. The number of piperazine rings is 1. The number of nitrogens with zero attached hydrogens (tertiary/aromatic N) is 2. The molecule has 3 unspecified atom stereocenters. The molecule has 0 spiro atoms. The predicted octanol–water partition coefficient (Wildman–Crippen LogP) is 4.59. The summed E-state index contributed by atoms with van der Waals surface area (Å²) >= 11 is 6.08. The highest BCUT2D eigenvalue weighted by molar-refractivity contribution is 6.30. The quantitative estimate of drug-likeness (QED) is 0.441. The molecule has 0 radical (unpaired) electrons. The predicted molar refractivity (Wildman–Crippen MR) is 153 cm³/mol. The minimum Gasteiger partial charge on any atom is -0.344 e. The highest BCUT2D eigenvalue weighted by Crippen LogP contribution is 2.21. The van der Waals surface area contributed by atoms with Crippen molar-refractivity contribution in [1.29, 1.82) is 0 Å². The first-order valence-electron chi connectivity index (χ1n) is 13.8. The molecule has 37 heavy (non-hydrogen) atoms. The van der Waals surface area contributed by atoms with Gasteiger partial charge in [-0.2, -0.15) is 0 Å². The van der Waals surface area contributed by atoms with Gasteiger partial charge in [0, 0.05) is 62.7 Å². The molecule has 2 amide bonds. The lowest BCUT2D eigenvalue weighted by molar-refractivity contribution is -0.138. The minimum absolute atomic E-state index is 0.00103. The summed E-state index contributed by atoms with van der Waals surface area (Å²) in [6.45, 7) is 14.8. The molecule has 1 aromatic rings. The minimum atomic E-state index is -0.599. The van der Waals surface area contributed by atoms with Crippen LogP contribution >= 0.6 is 11.6 Å². The van der Waals surface area contributed by atoms with E-state index < -0.39 is 6.04 Å². The maximum atomic E-state index is 13.7. The second-order valence-corrected chi connectivity index (χ2v) is 11.3. The molecule has 0 aliphatic carbocycles. The van der Waals surface area contributed by atoms with Gasteiger partial charge in [0.05, 0.1) is 0 Å². The molecular weight excluding hydrogens is 484 g/mol. The topological polar surface area (TPSA) is 64.7 Å². The third-order valence-electron chi connectivity index (χ3n) is 7.67. The first-order valence-corrected chi connectivity index (χ1v) is 14.2. The van der Waals surface area contributed by atoms with E-state index >= 15 is 0 Å². The molecule has 7 heteroatoms. The Kier molecular flexibility index (Phi) is 11.2. The molecule has 1 saturated heterocycles. The third-order valence-corrected chi connectivity index (χ3v) is 7.92. The fraction of sp³-hybridized carbons (Fsp3) is 0.600. The maximum absolute atomic E-state index is 13.7. The smallest absolute Gasteiger partial charge is 0.245 e. The van der Waals surface area contributed by atoms with Crippen molar-refractivity contribution in [1.82, 2.24) is 20.4 Å². The lowest BCUT2D eigenvalue weighted by Crippen LogP contribution is -2.57. The van der Waals surface area contributed by atoms with Gasteiger partial charge in [-0.05, 0) is 55.9 Å². The number of amides is 2. The molecule has 6 nitrogen and oxygen atoms in total. The van der Waals surface area contributed by atoms with Gasteiger partial charge in [0.25, 0.3) is 0 Å². The molecular formula is C30H45ClN4O2. The van der Waals surface area contributed by atoms with Crippen LogP contribution in [-0.2, 0) is 16.0 Å². The van der Waals surface area contributed by atoms with Gasteiger partial charge in [-0.25, -0.2) is 0 Å². The molecule has 2 N–H and O–H groups in total. The number of hydrogen-bond donors (Lipinski definition) is 2. The van der Waals surface area contributed by atoms with Crippen molar-refractivity contribution in [3.63, 3.8) is 0 Å². The Labute approximate surface area is 228 Å². The summed E-state index contributed by atoms with van der Waals surface area (Å²) in [5.74, 6) is 0.555. The molecule has 3 atom stereocenters. The number of carbonyl (C=O) groups is 2. The summed E-state index contributed by atoms with van der Waals surface area (Å²) in [4.78, 5) is 31.3. The summed E-state index contributed by atoms with van der Waals surface area (Å²) in [5, 5.41) is 7.17. The van der Waals surface area contributed by atoms with E-state index in [1.807, 2.05) is 42.2 Å². The number of rotatable bonds is 11. The van der Waals surface area contributed by atoms with Crippen molar-refractivity contribution in [2.24, 2.45) is 5.92 Å². The van der Waals surface area contributed by atoms with Crippen LogP contribution in [0, 0.1) is 5.92 Å². The van der Waals surface area contributed by atoms with Gasteiger partial charge >= 0.3 is 0 Å². The normalized spacial score (nSPS) is 20.6. The van der Waals surface area contributed by atoms with Crippen LogP contribution in [-0.4, -0.2) is 72.5 Å². The van der Waals surface area contributed by atoms with Gasteiger partial charge in [0.2, 0.25) is 11.8 Å². The van der Waals surface area contributed by atoms with E-state index in [1.165, 1.54) is 17.6 Å². The Bertz CT molecular complexity index is 964. The zero-order chi connectivity index (χ0) is 26.9. The van der Waals surface area contributed by atoms with E-state index in [0.29, 0.717) is 42.9 Å². The number of hydrogen-bond acceptors (Lipinski definition) is 4. The van der Waals surface area contributed by atoms with Crippen molar-refractivity contribution in [2.75, 3.05) is 32.7 Å². The lowest BCUT2D eigenvalue weighted by Gasteiger charge is -2.40. The fourth-order valence-corrected chi connectivity index (χ4v) is 5.63. The summed E-state index contributed by atoms with van der Waals surface area (Å²) < 4.78 is 0. The number of halogens is 1. The van der Waals surface area contributed by atoms with E-state index in [4.69, 9.17) is 11.6 Å². The maximum Gasteiger partial charge on any atom is 0.245 e. The standard InChI is InChI=1S/C30H45ClN4O2/c1-6-8-24-20-32-27(22(24)5)19-29(36)33-28(18-23-9-11-25(31)12-10-23)30(37)35-15-13-34(14-16-35)26(7-2)17-21(3)4/h6,8-12,21,26-28,32H,7,13-20H2,1-5H3,(H,33,36)/b8-6-. The summed E-state index contributed by atoms with van der Waals surface area (Å²) in [6, 6.07) is 7.48. The number of allylic oxidation sites excluding steroid dienone is 1. The van der Waals surface area contributed by atoms with E-state index in [1.54, 1.807) is 0 Å². The summed E-state index contributed by atoms with van der Waals surface area (Å²) in [5.41, 5.74) is 3.40. The molecule has 204 valence electrons. The van der Waals surface area contributed by atoms with Crippen LogP contribution in [0.1, 0.15) is 59.4 Å². The van der Waals surface area contributed by atoms with Gasteiger partial charge in [-0.3, -0.25) is 14.5 Å². The number of nitrogens with one attached hydrogen (secondary N) is 2. The second kappa shape index (κ2) is 14.1. The monoisotopic (exact) mass is 528 g/mol. The highest BCUT2D eigenvalue weighted by Gasteiger charge is 2.32. The molecule has 1 aromatic carbocycles. The van der Waals surface area contributed by atoms with E-state index in [0.717, 1.165) is 31.6 Å². The zero-order valence-electron chi connectivity index (χ0n) is 23.2. The first kappa shape index (κ1) is 29.4. The zero-order valence-corrected chi connectivity index (χ0v) is 24.0. The molecule has 3 rings (SSSR count). The van der Waals surface area contributed by atoms with Gasteiger partial charge in [-0.15, -0.1) is 0 Å². The molecule has 2 heterocycles. The van der Waals surface area contributed by atoms with Crippen molar-refractivity contribution in [2.45, 2.75) is 78.4 Å². The van der Waals surface area contributed by atoms with Crippen LogP contribution in [0.25, 0.3) is 0 Å². The number of carbonyl (C=O) groups excluding carboxylic acids is 2. The summed E-state index contributed by atoms with van der Waals surface area (Å²) in [7, 11) is 0. The average molecular weight is 529 g/mol. The fourth-order valence-electron chi connectivity index (χ4n) is 5.51. The Morgan fingerprint density at radius 3 is 2.43 bits per heavy atom.